The van der Waals surface area contributed by atoms with Crippen LogP contribution < -0.4 is 0 Å². The fraction of sp³-hybridized carbons (Fsp3) is 0.682. The van der Waals surface area contributed by atoms with Crippen molar-refractivity contribution in [1.82, 2.24) is 0 Å². The Morgan fingerprint density at radius 2 is 1.79 bits per heavy atom. The molecule has 0 aromatic heterocycles. The number of hydrogen-bond acceptors (Lipinski definition) is 4. The number of carboxylic acid groups (broad SMARTS) is 1. The lowest BCUT2D eigenvalue weighted by atomic mass is 10.0. The zero-order chi connectivity index (χ0) is 22.4. The molecule has 164 valence electrons. The van der Waals surface area contributed by atoms with Crippen molar-refractivity contribution in [2.24, 2.45) is 0 Å². The van der Waals surface area contributed by atoms with Crippen molar-refractivity contribution >= 4 is 33.9 Å². The molecule has 0 amide bonds. The molecule has 1 N–H and O–H groups in total. The average Bonchev–Trinajstić information content (AvgIpc) is 2.82. The molecule has 5 nitrogen and oxygen atoms in total. The van der Waals surface area contributed by atoms with Crippen molar-refractivity contribution < 1.29 is 23.9 Å². The Bertz CT molecular complexity index is 680. The van der Waals surface area contributed by atoms with Gasteiger partial charge in [0, 0.05) is 18.4 Å². The molecule has 2 atom stereocenters. The van der Waals surface area contributed by atoms with Gasteiger partial charge in [0.15, 0.2) is 19.9 Å². The summed E-state index contributed by atoms with van der Waals surface area (Å²) in [4.78, 5) is 36.9. The van der Waals surface area contributed by atoms with Crippen molar-refractivity contribution in [2.75, 3.05) is 0 Å². The molecule has 7 heteroatoms. The lowest BCUT2D eigenvalue weighted by Crippen LogP contribution is -2.34. The second-order valence-electron chi connectivity index (χ2n) is 10.00. The molecule has 0 radical (unpaired) electrons. The van der Waals surface area contributed by atoms with Crippen LogP contribution in [-0.2, 0) is 18.8 Å². The maximum absolute atomic E-state index is 12.8. The van der Waals surface area contributed by atoms with Crippen LogP contribution in [0, 0.1) is 0 Å². The molecule has 1 aliphatic carbocycles. The van der Waals surface area contributed by atoms with E-state index in [4.69, 9.17) is 4.43 Å². The van der Waals surface area contributed by atoms with Crippen LogP contribution in [0.4, 0.5) is 0 Å². The summed E-state index contributed by atoms with van der Waals surface area (Å²) in [6.07, 6.45) is 6.78. The van der Waals surface area contributed by atoms with Gasteiger partial charge >= 0.3 is 5.97 Å². The third-order valence-corrected chi connectivity index (χ3v) is 8.66. The van der Waals surface area contributed by atoms with E-state index in [-0.39, 0.29) is 30.5 Å². The van der Waals surface area contributed by atoms with E-state index in [0.717, 1.165) is 19.3 Å². The highest BCUT2D eigenvalue weighted by atomic mass is 28.4. The number of rotatable bonds is 12. The topological polar surface area (TPSA) is 80.7 Å². The summed E-state index contributed by atoms with van der Waals surface area (Å²) in [6.45, 7) is 14.3. The Morgan fingerprint density at radius 1 is 1.17 bits per heavy atom. The highest BCUT2D eigenvalue weighted by Crippen LogP contribution is 2.37. The Kier molecular flexibility index (Phi) is 9.43. The van der Waals surface area contributed by atoms with Crippen LogP contribution >= 0.6 is 0 Å². The van der Waals surface area contributed by atoms with Gasteiger partial charge in [0.1, 0.15) is 0 Å². The minimum Gasteiger partial charge on any atom is -0.481 e. The number of hydrogen-bond donors (Lipinski definition) is 1. The summed E-state index contributed by atoms with van der Waals surface area (Å²) >= 11 is 0. The molecule has 2 unspecified atom stereocenters. The van der Waals surface area contributed by atoms with Gasteiger partial charge in [0.2, 0.25) is 0 Å². The largest absolute Gasteiger partial charge is 0.481 e. The molecular formula is C22H38O5Si2. The van der Waals surface area contributed by atoms with E-state index in [9.17, 15) is 19.5 Å². The fourth-order valence-corrected chi connectivity index (χ4v) is 6.13. The number of carboxylic acids is 1. The van der Waals surface area contributed by atoms with Gasteiger partial charge < -0.3 is 9.53 Å². The van der Waals surface area contributed by atoms with Gasteiger partial charge in [-0.2, -0.15) is 0 Å². The third-order valence-electron chi connectivity index (χ3n) is 5.13. The minimum atomic E-state index is -2.02. The minimum absolute atomic E-state index is 0.0383. The van der Waals surface area contributed by atoms with Gasteiger partial charge in [-0.1, -0.05) is 45.5 Å². The Hall–Kier alpha value is -1.32. The second kappa shape index (κ2) is 10.6. The number of Topliss-reactive ketones (excluding diaryl/α,β-unsaturated/α-hetero) is 1. The zero-order valence-electron chi connectivity index (χ0n) is 19.1. The average molecular weight is 439 g/mol. The molecule has 0 saturated carbocycles. The molecule has 0 aromatic carbocycles. The van der Waals surface area contributed by atoms with Crippen molar-refractivity contribution in [3.05, 3.63) is 23.3 Å². The molecule has 0 spiro atoms. The lowest BCUT2D eigenvalue weighted by molar-refractivity contribution is -0.137. The summed E-state index contributed by atoms with van der Waals surface area (Å²) in [5.74, 6) is -0.856. The molecule has 0 aliphatic heterocycles. The number of ketones is 2. The highest BCUT2D eigenvalue weighted by molar-refractivity contribution is 6.80. The van der Waals surface area contributed by atoms with E-state index in [1.165, 1.54) is 0 Å². The van der Waals surface area contributed by atoms with E-state index < -0.39 is 27.9 Å². The zero-order valence-corrected chi connectivity index (χ0v) is 21.1. The van der Waals surface area contributed by atoms with Crippen LogP contribution in [0.2, 0.25) is 44.8 Å². The maximum atomic E-state index is 12.8. The summed E-state index contributed by atoms with van der Waals surface area (Å²) < 4.78 is 6.23. The van der Waals surface area contributed by atoms with Crippen LogP contribution in [0.1, 0.15) is 45.4 Å². The predicted molar refractivity (Wildman–Crippen MR) is 123 cm³/mol. The van der Waals surface area contributed by atoms with E-state index >= 15 is 0 Å². The van der Waals surface area contributed by atoms with Gasteiger partial charge in [-0.25, -0.2) is 0 Å². The summed E-state index contributed by atoms with van der Waals surface area (Å²) in [6, 6.07) is 0. The summed E-state index contributed by atoms with van der Waals surface area (Å²) in [5, 5.41) is 9.74. The Balaban J connectivity index is 3.23. The van der Waals surface area contributed by atoms with Crippen molar-refractivity contribution in [3.8, 4) is 0 Å². The normalized spacial score (nSPS) is 19.3. The quantitative estimate of drug-likeness (QED) is 0.252. The Labute approximate surface area is 177 Å². The first-order valence-electron chi connectivity index (χ1n) is 10.6. The van der Waals surface area contributed by atoms with Crippen LogP contribution in [0.25, 0.3) is 0 Å². The molecule has 1 aliphatic rings. The van der Waals surface area contributed by atoms with Gasteiger partial charge in [-0.3, -0.25) is 14.4 Å². The van der Waals surface area contributed by atoms with E-state index in [0.29, 0.717) is 17.6 Å². The highest BCUT2D eigenvalue weighted by Gasteiger charge is 2.40. The van der Waals surface area contributed by atoms with Crippen molar-refractivity contribution in [1.29, 1.82) is 0 Å². The molecular weight excluding hydrogens is 400 g/mol. The molecule has 0 heterocycles. The van der Waals surface area contributed by atoms with Gasteiger partial charge in [-0.15, -0.1) is 0 Å². The summed E-state index contributed by atoms with van der Waals surface area (Å²) in [7, 11) is -3.94. The van der Waals surface area contributed by atoms with E-state index in [1.807, 2.05) is 19.6 Å². The summed E-state index contributed by atoms with van der Waals surface area (Å²) in [5.41, 5.74) is 0.710. The fourth-order valence-electron chi connectivity index (χ4n) is 3.51. The van der Waals surface area contributed by atoms with Crippen LogP contribution in [-0.4, -0.2) is 45.1 Å². The van der Waals surface area contributed by atoms with Gasteiger partial charge in [-0.05, 0) is 44.1 Å². The standard InChI is InChI=1S/C22H38O5Si2/c1-8-9-10-11-16(23)12-13-17-18(14-21(22(25)26)28(2,3)4)19(24)15-20(17)27-29(5,6)7/h12-13,20-21H,8-11,14-15H2,1-7H3,(H,25,26)/b13-12+. The smallest absolute Gasteiger partial charge is 0.304 e. The lowest BCUT2D eigenvalue weighted by Gasteiger charge is -2.26. The Morgan fingerprint density at radius 3 is 2.28 bits per heavy atom. The molecule has 0 bridgehead atoms. The molecule has 0 saturated heterocycles. The molecule has 29 heavy (non-hydrogen) atoms. The van der Waals surface area contributed by atoms with Gasteiger partial charge in [0.25, 0.3) is 0 Å². The van der Waals surface area contributed by atoms with Crippen molar-refractivity contribution in [3.63, 3.8) is 0 Å². The SMILES string of the molecule is CCCCCC(=O)/C=C/C1=C(CC(C(=O)O)[Si](C)(C)C)C(=O)CC1O[Si](C)(C)C. The maximum Gasteiger partial charge on any atom is 0.304 e. The molecule has 0 aromatic rings. The first kappa shape index (κ1) is 25.7. The van der Waals surface area contributed by atoms with Crippen molar-refractivity contribution in [2.45, 2.75) is 96.4 Å². The molecule has 0 fully saturated rings. The monoisotopic (exact) mass is 438 g/mol. The number of carbonyl (C=O) groups is 3. The third kappa shape index (κ3) is 8.52. The van der Waals surface area contributed by atoms with E-state index in [1.54, 1.807) is 12.2 Å². The van der Waals surface area contributed by atoms with Crippen LogP contribution in [0.5, 0.6) is 0 Å². The van der Waals surface area contributed by atoms with Gasteiger partial charge in [0.05, 0.1) is 19.7 Å². The predicted octanol–water partition coefficient (Wildman–Crippen LogP) is 5.36. The van der Waals surface area contributed by atoms with Crippen LogP contribution in [0.15, 0.2) is 23.3 Å². The number of carbonyl (C=O) groups excluding carboxylic acids is 2. The number of aliphatic carboxylic acids is 1. The number of allylic oxidation sites excluding steroid dienone is 2. The first-order valence-corrected chi connectivity index (χ1v) is 17.6. The first-order chi connectivity index (χ1) is 13.3. The molecule has 1 rings (SSSR count). The number of unbranched alkanes of at least 4 members (excludes halogenated alkanes) is 2. The van der Waals surface area contributed by atoms with Crippen LogP contribution in [0.3, 0.4) is 0 Å². The van der Waals surface area contributed by atoms with E-state index in [2.05, 4.69) is 26.6 Å². The second-order valence-corrected chi connectivity index (χ2v) is 19.9.